The van der Waals surface area contributed by atoms with Crippen molar-refractivity contribution in [3.63, 3.8) is 0 Å². The summed E-state index contributed by atoms with van der Waals surface area (Å²) in [7, 11) is -0.682. The molecule has 0 radical (unpaired) electrons. The van der Waals surface area contributed by atoms with E-state index in [0.29, 0.717) is 18.7 Å². The third-order valence-electron chi connectivity index (χ3n) is 7.45. The topological polar surface area (TPSA) is 90.0 Å². The van der Waals surface area contributed by atoms with Crippen LogP contribution < -0.4 is 10.2 Å². The zero-order chi connectivity index (χ0) is 24.3. The minimum atomic E-state index is -3.66. The standard InChI is InChI=1S/C25H38N4O4S/c1-27(2)34(32,33)21-12-13-23(28-14-6-7-15-28)22(17-21)25(31)29-16-8-9-19(18-29)24(30)26-20-10-4-3-5-11-20/h12-13,17,19-20H,3-11,14-16,18H2,1-2H3,(H,26,30). The van der Waals surface area contributed by atoms with Crippen LogP contribution in [0.2, 0.25) is 0 Å². The van der Waals surface area contributed by atoms with Crippen molar-refractivity contribution in [1.82, 2.24) is 14.5 Å². The second-order valence-electron chi connectivity index (χ2n) is 10.1. The number of rotatable bonds is 6. The molecule has 0 bridgehead atoms. The third-order valence-corrected chi connectivity index (χ3v) is 9.27. The van der Waals surface area contributed by atoms with Gasteiger partial charge in [0.25, 0.3) is 5.91 Å². The Kier molecular flexibility index (Phi) is 7.82. The predicted molar refractivity (Wildman–Crippen MR) is 132 cm³/mol. The Hall–Kier alpha value is -2.13. The quantitative estimate of drug-likeness (QED) is 0.662. The van der Waals surface area contributed by atoms with Crippen LogP contribution in [0.15, 0.2) is 23.1 Å². The molecule has 1 aromatic rings. The van der Waals surface area contributed by atoms with Crippen molar-refractivity contribution in [1.29, 1.82) is 0 Å². The van der Waals surface area contributed by atoms with Crippen LogP contribution in [0.4, 0.5) is 5.69 Å². The molecule has 3 fully saturated rings. The number of anilines is 1. The van der Waals surface area contributed by atoms with Gasteiger partial charge < -0.3 is 15.1 Å². The second kappa shape index (κ2) is 10.6. The van der Waals surface area contributed by atoms with Gasteiger partial charge in [0.05, 0.1) is 16.4 Å². The molecule has 1 N–H and O–H groups in total. The molecule has 8 nitrogen and oxygen atoms in total. The lowest BCUT2D eigenvalue weighted by atomic mass is 9.92. The van der Waals surface area contributed by atoms with Crippen LogP contribution in [0.3, 0.4) is 0 Å². The van der Waals surface area contributed by atoms with Crippen LogP contribution in [0.5, 0.6) is 0 Å². The van der Waals surface area contributed by atoms with Gasteiger partial charge in [0.1, 0.15) is 0 Å². The summed E-state index contributed by atoms with van der Waals surface area (Å²) in [5.41, 5.74) is 1.20. The smallest absolute Gasteiger partial charge is 0.256 e. The van der Waals surface area contributed by atoms with E-state index in [9.17, 15) is 18.0 Å². The van der Waals surface area contributed by atoms with Crippen molar-refractivity contribution in [2.75, 3.05) is 45.2 Å². The first-order chi connectivity index (χ1) is 16.3. The third kappa shape index (κ3) is 5.40. The van der Waals surface area contributed by atoms with Crippen LogP contribution in [0.25, 0.3) is 0 Å². The molecule has 9 heteroatoms. The van der Waals surface area contributed by atoms with E-state index in [1.165, 1.54) is 30.9 Å². The number of hydrogen-bond acceptors (Lipinski definition) is 5. The van der Waals surface area contributed by atoms with Gasteiger partial charge in [-0.2, -0.15) is 0 Å². The number of piperidine rings is 1. The van der Waals surface area contributed by atoms with Crippen molar-refractivity contribution in [3.05, 3.63) is 23.8 Å². The van der Waals surface area contributed by atoms with Gasteiger partial charge in [-0.05, 0) is 56.7 Å². The van der Waals surface area contributed by atoms with Crippen LogP contribution in [-0.4, -0.2) is 75.8 Å². The van der Waals surface area contributed by atoms with Gasteiger partial charge in [0.15, 0.2) is 0 Å². The molecule has 0 spiro atoms. The first kappa shape index (κ1) is 25.0. The highest BCUT2D eigenvalue weighted by atomic mass is 32.2. The van der Waals surface area contributed by atoms with Gasteiger partial charge in [-0.25, -0.2) is 12.7 Å². The van der Waals surface area contributed by atoms with E-state index in [-0.39, 0.29) is 28.7 Å². The van der Waals surface area contributed by atoms with E-state index >= 15 is 0 Å². The maximum absolute atomic E-state index is 13.7. The zero-order valence-electron chi connectivity index (χ0n) is 20.5. The lowest BCUT2D eigenvalue weighted by Gasteiger charge is -2.34. The van der Waals surface area contributed by atoms with Crippen LogP contribution in [-0.2, 0) is 14.8 Å². The van der Waals surface area contributed by atoms with Gasteiger partial charge in [-0.15, -0.1) is 0 Å². The Labute approximate surface area is 203 Å². The Morgan fingerprint density at radius 2 is 1.65 bits per heavy atom. The number of carbonyl (C=O) groups excluding carboxylic acids is 2. The molecule has 2 heterocycles. The summed E-state index contributed by atoms with van der Waals surface area (Å²) >= 11 is 0. The minimum absolute atomic E-state index is 0.0492. The van der Waals surface area contributed by atoms with Crippen molar-refractivity contribution < 1.29 is 18.0 Å². The van der Waals surface area contributed by atoms with E-state index < -0.39 is 10.0 Å². The average molecular weight is 491 g/mol. The first-order valence-corrected chi connectivity index (χ1v) is 14.1. The van der Waals surface area contributed by atoms with Crippen LogP contribution >= 0.6 is 0 Å². The number of amides is 2. The van der Waals surface area contributed by atoms with E-state index in [1.807, 2.05) is 0 Å². The van der Waals surface area contributed by atoms with Gasteiger partial charge in [0, 0.05) is 52.0 Å². The molecule has 1 atom stereocenters. The number of nitrogens with one attached hydrogen (secondary N) is 1. The van der Waals surface area contributed by atoms with E-state index in [2.05, 4.69) is 10.2 Å². The van der Waals surface area contributed by atoms with Crippen LogP contribution in [0, 0.1) is 5.92 Å². The molecule has 2 amide bonds. The number of likely N-dealkylation sites (tertiary alicyclic amines) is 1. The van der Waals surface area contributed by atoms with E-state index in [1.54, 1.807) is 17.0 Å². The SMILES string of the molecule is CN(C)S(=O)(=O)c1ccc(N2CCCC2)c(C(=O)N2CCCC(C(=O)NC3CCCCC3)C2)c1. The van der Waals surface area contributed by atoms with Crippen molar-refractivity contribution in [3.8, 4) is 0 Å². The van der Waals surface area contributed by atoms with Crippen molar-refractivity contribution in [2.45, 2.75) is 68.7 Å². The molecule has 3 aliphatic rings. The van der Waals surface area contributed by atoms with Gasteiger partial charge in [-0.3, -0.25) is 9.59 Å². The number of carbonyl (C=O) groups is 2. The summed E-state index contributed by atoms with van der Waals surface area (Å²) in [6.45, 7) is 2.66. The number of benzene rings is 1. The van der Waals surface area contributed by atoms with Gasteiger partial charge in [0.2, 0.25) is 15.9 Å². The monoisotopic (exact) mass is 490 g/mol. The largest absolute Gasteiger partial charge is 0.371 e. The first-order valence-electron chi connectivity index (χ1n) is 12.7. The van der Waals surface area contributed by atoms with Crippen molar-refractivity contribution in [2.24, 2.45) is 5.92 Å². The fraction of sp³-hybridized carbons (Fsp3) is 0.680. The molecule has 1 unspecified atom stereocenters. The Balaban J connectivity index is 1.55. The fourth-order valence-electron chi connectivity index (χ4n) is 5.40. The molecule has 1 aromatic carbocycles. The van der Waals surface area contributed by atoms with Crippen LogP contribution in [0.1, 0.15) is 68.1 Å². The number of sulfonamides is 1. The highest BCUT2D eigenvalue weighted by Gasteiger charge is 2.33. The maximum atomic E-state index is 13.7. The summed E-state index contributed by atoms with van der Waals surface area (Å²) < 4.78 is 26.7. The summed E-state index contributed by atoms with van der Waals surface area (Å²) in [5, 5.41) is 3.22. The maximum Gasteiger partial charge on any atom is 0.256 e. The Bertz CT molecular complexity index is 998. The summed E-state index contributed by atoms with van der Waals surface area (Å²) in [6, 6.07) is 5.14. The Morgan fingerprint density at radius 3 is 2.32 bits per heavy atom. The molecular weight excluding hydrogens is 452 g/mol. The lowest BCUT2D eigenvalue weighted by Crippen LogP contribution is -2.48. The van der Waals surface area contributed by atoms with E-state index in [4.69, 9.17) is 0 Å². The zero-order valence-corrected chi connectivity index (χ0v) is 21.3. The highest BCUT2D eigenvalue weighted by Crippen LogP contribution is 2.30. The average Bonchev–Trinajstić information content (AvgIpc) is 3.38. The number of nitrogens with zero attached hydrogens (tertiary/aromatic N) is 3. The molecule has 0 aromatic heterocycles. The van der Waals surface area contributed by atoms with Crippen molar-refractivity contribution >= 4 is 27.5 Å². The summed E-state index contributed by atoms with van der Waals surface area (Å²) in [5.74, 6) is -0.357. The van der Waals surface area contributed by atoms with E-state index in [0.717, 1.165) is 70.1 Å². The lowest BCUT2D eigenvalue weighted by molar-refractivity contribution is -0.127. The predicted octanol–water partition coefficient (Wildman–Crippen LogP) is 2.84. The minimum Gasteiger partial charge on any atom is -0.371 e. The molecule has 188 valence electrons. The molecule has 2 saturated heterocycles. The normalized spacial score (nSPS) is 22.3. The molecule has 34 heavy (non-hydrogen) atoms. The Morgan fingerprint density at radius 1 is 0.941 bits per heavy atom. The molecule has 4 rings (SSSR count). The van der Waals surface area contributed by atoms with Gasteiger partial charge in [-0.1, -0.05) is 19.3 Å². The molecule has 1 aliphatic carbocycles. The molecule has 2 aliphatic heterocycles. The summed E-state index contributed by atoms with van der Waals surface area (Å²) in [6.07, 6.45) is 9.27. The summed E-state index contributed by atoms with van der Waals surface area (Å²) in [4.78, 5) is 30.7. The molecular formula is C25H38N4O4S. The van der Waals surface area contributed by atoms with Gasteiger partial charge >= 0.3 is 0 Å². The highest BCUT2D eigenvalue weighted by molar-refractivity contribution is 7.89. The fourth-order valence-corrected chi connectivity index (χ4v) is 6.33. The second-order valence-corrected chi connectivity index (χ2v) is 12.2. The molecule has 1 saturated carbocycles. The number of hydrogen-bond donors (Lipinski definition) is 1.